The lowest BCUT2D eigenvalue weighted by molar-refractivity contribution is 0.306. The third-order valence-corrected chi connectivity index (χ3v) is 3.53. The lowest BCUT2D eigenvalue weighted by Crippen LogP contribution is -2.04. The first-order valence-electron chi connectivity index (χ1n) is 4.89. The molecule has 2 aromatic rings. The molecular weight excluding hydrogens is 385 g/mol. The molecule has 1 aromatic carbocycles. The highest BCUT2D eigenvalue weighted by molar-refractivity contribution is 14.1. The summed E-state index contributed by atoms with van der Waals surface area (Å²) in [6.07, 6.45) is 2.05. The summed E-state index contributed by atoms with van der Waals surface area (Å²) < 4.78 is 9.90. The van der Waals surface area contributed by atoms with E-state index in [1.54, 1.807) is 0 Å². The Kier molecular flexibility index (Phi) is 2.67. The summed E-state index contributed by atoms with van der Waals surface area (Å²) in [7, 11) is 0. The average molecular weight is 393 g/mol. The molecular formula is C11H8BrIN2O. The fraction of sp³-hybridized carbons (Fsp3) is 0.182. The summed E-state index contributed by atoms with van der Waals surface area (Å²) in [5.74, 6) is 1.89. The summed E-state index contributed by atoms with van der Waals surface area (Å²) in [6.45, 7) is 1.53. The molecule has 0 bridgehead atoms. The second-order valence-corrected chi connectivity index (χ2v) is 5.59. The van der Waals surface area contributed by atoms with E-state index >= 15 is 0 Å². The molecule has 0 saturated heterocycles. The molecule has 0 N–H and O–H groups in total. The second-order valence-electron chi connectivity index (χ2n) is 3.57. The van der Waals surface area contributed by atoms with Crippen LogP contribution in [0, 0.1) is 3.70 Å². The van der Waals surface area contributed by atoms with Gasteiger partial charge in [0.25, 0.3) is 0 Å². The Morgan fingerprint density at radius 2 is 2.38 bits per heavy atom. The monoisotopic (exact) mass is 392 g/mol. The average Bonchev–Trinajstić information content (AvgIpc) is 2.52. The molecule has 0 atom stereocenters. The van der Waals surface area contributed by atoms with Crippen LogP contribution in [0.4, 0.5) is 0 Å². The van der Waals surface area contributed by atoms with Crippen LogP contribution in [0.15, 0.2) is 28.9 Å². The van der Waals surface area contributed by atoms with Crippen molar-refractivity contribution in [1.82, 2.24) is 9.55 Å². The molecule has 5 heteroatoms. The maximum absolute atomic E-state index is 5.72. The Morgan fingerprint density at radius 3 is 3.25 bits per heavy atom. The van der Waals surface area contributed by atoms with Gasteiger partial charge in [-0.2, -0.15) is 0 Å². The van der Waals surface area contributed by atoms with Gasteiger partial charge in [-0.05, 0) is 40.8 Å². The minimum absolute atomic E-state index is 0.683. The van der Waals surface area contributed by atoms with Crippen molar-refractivity contribution in [2.24, 2.45) is 0 Å². The molecule has 0 spiro atoms. The van der Waals surface area contributed by atoms with E-state index in [0.29, 0.717) is 6.61 Å². The van der Waals surface area contributed by atoms with Gasteiger partial charge in [-0.1, -0.05) is 15.9 Å². The molecule has 3 nitrogen and oxygen atoms in total. The predicted molar refractivity (Wildman–Crippen MR) is 73.6 cm³/mol. The van der Waals surface area contributed by atoms with Crippen molar-refractivity contribution >= 4 is 38.5 Å². The van der Waals surface area contributed by atoms with Crippen molar-refractivity contribution in [2.75, 3.05) is 6.61 Å². The van der Waals surface area contributed by atoms with Crippen molar-refractivity contribution in [3.8, 4) is 17.1 Å². The minimum Gasteiger partial charge on any atom is -0.491 e. The topological polar surface area (TPSA) is 27.1 Å². The van der Waals surface area contributed by atoms with Gasteiger partial charge in [-0.25, -0.2) is 4.98 Å². The smallest absolute Gasteiger partial charge is 0.145 e. The zero-order valence-electron chi connectivity index (χ0n) is 8.28. The maximum Gasteiger partial charge on any atom is 0.145 e. The molecule has 0 unspecified atom stereocenters. The predicted octanol–water partition coefficient (Wildman–Crippen LogP) is 3.31. The van der Waals surface area contributed by atoms with Gasteiger partial charge in [0.1, 0.15) is 21.9 Å². The zero-order valence-corrected chi connectivity index (χ0v) is 12.0. The Balaban J connectivity index is 2.24. The number of halogens is 2. The van der Waals surface area contributed by atoms with Gasteiger partial charge in [0.15, 0.2) is 0 Å². The molecule has 0 fully saturated rings. The Labute approximate surface area is 115 Å². The van der Waals surface area contributed by atoms with Crippen molar-refractivity contribution in [1.29, 1.82) is 0 Å². The second kappa shape index (κ2) is 4.03. The molecule has 3 rings (SSSR count). The number of rotatable bonds is 0. The number of fused-ring (bicyclic) bond motifs is 3. The number of hydrogen-bond donors (Lipinski definition) is 0. The van der Waals surface area contributed by atoms with Gasteiger partial charge in [0, 0.05) is 10.7 Å². The minimum atomic E-state index is 0.683. The van der Waals surface area contributed by atoms with Crippen LogP contribution in [0.5, 0.6) is 5.75 Å². The third kappa shape index (κ3) is 1.75. The summed E-state index contributed by atoms with van der Waals surface area (Å²) in [4.78, 5) is 4.54. The van der Waals surface area contributed by atoms with Crippen LogP contribution in [0.2, 0.25) is 0 Å². The highest BCUT2D eigenvalue weighted by atomic mass is 127. The van der Waals surface area contributed by atoms with E-state index in [9.17, 15) is 0 Å². The largest absolute Gasteiger partial charge is 0.491 e. The van der Waals surface area contributed by atoms with E-state index < -0.39 is 0 Å². The number of benzene rings is 1. The SMILES string of the molecule is Brc1ccc2c(c1)OCCn1cc(I)n[14c]1-2. The van der Waals surface area contributed by atoms with Crippen molar-refractivity contribution in [2.45, 2.75) is 6.54 Å². The first kappa shape index (κ1) is 10.6. The Bertz CT molecular complexity index is 553. The fourth-order valence-electron chi connectivity index (χ4n) is 1.82. The summed E-state index contributed by atoms with van der Waals surface area (Å²) in [5.41, 5.74) is 1.06. The molecule has 1 aromatic heterocycles. The zero-order chi connectivity index (χ0) is 11.1. The van der Waals surface area contributed by atoms with E-state index in [1.165, 1.54) is 0 Å². The number of aromatic nitrogens is 2. The number of hydrogen-bond acceptors (Lipinski definition) is 2. The van der Waals surface area contributed by atoms with Crippen LogP contribution in [0.1, 0.15) is 0 Å². The summed E-state index contributed by atoms with van der Waals surface area (Å²) >= 11 is 5.69. The van der Waals surface area contributed by atoms with E-state index in [4.69, 9.17) is 4.74 Å². The van der Waals surface area contributed by atoms with E-state index in [1.807, 2.05) is 18.2 Å². The summed E-state index contributed by atoms with van der Waals surface area (Å²) in [5, 5.41) is 0. The molecule has 82 valence electrons. The molecule has 2 heterocycles. The standard InChI is InChI=1S/C11H8BrIN2O/c12-7-1-2-8-9(5-7)16-4-3-15-6-10(13)14-11(8)15/h1-2,5-6H,3-4H2/i11+2. The highest BCUT2D eigenvalue weighted by Crippen LogP contribution is 2.34. The van der Waals surface area contributed by atoms with Gasteiger partial charge in [-0.3, -0.25) is 0 Å². The number of imidazole rings is 1. The van der Waals surface area contributed by atoms with Crippen molar-refractivity contribution in [3.05, 3.63) is 32.6 Å². The molecule has 0 amide bonds. The first-order chi connectivity index (χ1) is 7.74. The van der Waals surface area contributed by atoms with Gasteiger partial charge in [0.05, 0.1) is 12.1 Å². The van der Waals surface area contributed by atoms with Gasteiger partial charge >= 0.3 is 0 Å². The van der Waals surface area contributed by atoms with Crippen LogP contribution >= 0.6 is 38.5 Å². The third-order valence-electron chi connectivity index (χ3n) is 2.52. The normalized spacial score (nSPS) is 13.6. The van der Waals surface area contributed by atoms with Gasteiger partial charge in [-0.15, -0.1) is 0 Å². The van der Waals surface area contributed by atoms with Crippen LogP contribution in [0.3, 0.4) is 0 Å². The van der Waals surface area contributed by atoms with Crippen LogP contribution in [-0.4, -0.2) is 16.2 Å². The fourth-order valence-corrected chi connectivity index (χ4v) is 2.73. The van der Waals surface area contributed by atoms with Crippen LogP contribution in [-0.2, 0) is 6.54 Å². The number of ether oxygens (including phenoxy) is 1. The highest BCUT2D eigenvalue weighted by Gasteiger charge is 2.17. The van der Waals surface area contributed by atoms with Gasteiger partial charge in [0.2, 0.25) is 0 Å². The first-order valence-corrected chi connectivity index (χ1v) is 6.76. The van der Waals surface area contributed by atoms with Crippen molar-refractivity contribution < 1.29 is 4.74 Å². The molecule has 1 aliphatic heterocycles. The summed E-state index contributed by atoms with van der Waals surface area (Å²) in [6, 6.07) is 6.05. The molecule has 0 saturated carbocycles. The molecule has 0 radical (unpaired) electrons. The quantitative estimate of drug-likeness (QED) is 0.643. The molecule has 1 aliphatic rings. The lowest BCUT2D eigenvalue weighted by atomic mass is 10.3. The van der Waals surface area contributed by atoms with E-state index in [-0.39, 0.29) is 0 Å². The van der Waals surface area contributed by atoms with E-state index in [0.717, 1.165) is 31.9 Å². The van der Waals surface area contributed by atoms with Crippen molar-refractivity contribution in [3.63, 3.8) is 0 Å². The van der Waals surface area contributed by atoms with Crippen LogP contribution < -0.4 is 4.74 Å². The Hall–Kier alpha value is -0.560. The lowest BCUT2D eigenvalue weighted by Gasteiger charge is -2.05. The maximum atomic E-state index is 5.72. The van der Waals surface area contributed by atoms with Crippen LogP contribution in [0.25, 0.3) is 11.4 Å². The molecule has 0 aliphatic carbocycles. The Morgan fingerprint density at radius 1 is 1.50 bits per heavy atom. The van der Waals surface area contributed by atoms with E-state index in [2.05, 4.69) is 54.3 Å². The number of nitrogens with zero attached hydrogens (tertiary/aromatic N) is 2. The molecule has 16 heavy (non-hydrogen) atoms. The van der Waals surface area contributed by atoms with Gasteiger partial charge < -0.3 is 9.30 Å².